The predicted molar refractivity (Wildman–Crippen MR) is 55.4 cm³/mol. The number of amides is 1. The fourth-order valence-corrected chi connectivity index (χ4v) is 3.24. The Bertz CT molecular complexity index is 456. The Hall–Kier alpha value is -1.39. The van der Waals surface area contributed by atoms with Crippen LogP contribution >= 0.6 is 0 Å². The molecule has 3 rings (SSSR count). The monoisotopic (exact) mass is 221 g/mol. The van der Waals surface area contributed by atoms with Crippen LogP contribution in [0.2, 0.25) is 0 Å². The number of fused-ring (bicyclic) bond motifs is 1. The van der Waals surface area contributed by atoms with Crippen LogP contribution in [0.15, 0.2) is 4.52 Å². The highest BCUT2D eigenvalue weighted by molar-refractivity contribution is 5.87. The highest BCUT2D eigenvalue weighted by Gasteiger charge is 2.76. The van der Waals surface area contributed by atoms with E-state index < -0.39 is 0 Å². The van der Waals surface area contributed by atoms with E-state index in [2.05, 4.69) is 10.1 Å². The second kappa shape index (κ2) is 2.84. The van der Waals surface area contributed by atoms with E-state index in [4.69, 9.17) is 10.3 Å². The van der Waals surface area contributed by atoms with Gasteiger partial charge in [-0.1, -0.05) is 18.5 Å². The lowest BCUT2D eigenvalue weighted by molar-refractivity contribution is -0.123. The second-order valence-electron chi connectivity index (χ2n) is 4.93. The third-order valence-electron chi connectivity index (χ3n) is 4.27. The van der Waals surface area contributed by atoms with Gasteiger partial charge < -0.3 is 10.3 Å². The van der Waals surface area contributed by atoms with Crippen molar-refractivity contribution in [1.82, 2.24) is 10.1 Å². The van der Waals surface area contributed by atoms with Crippen LogP contribution in [0, 0.1) is 5.41 Å². The van der Waals surface area contributed by atoms with Gasteiger partial charge in [-0.25, -0.2) is 0 Å². The summed E-state index contributed by atoms with van der Waals surface area (Å²) in [6.07, 6.45) is 4.38. The van der Waals surface area contributed by atoms with Crippen molar-refractivity contribution in [2.75, 3.05) is 0 Å². The van der Waals surface area contributed by atoms with Gasteiger partial charge in [-0.3, -0.25) is 4.79 Å². The minimum atomic E-state index is -0.384. The molecule has 0 spiro atoms. The number of nitrogens with zero attached hydrogens (tertiary/aromatic N) is 2. The first-order valence-electron chi connectivity index (χ1n) is 5.78. The van der Waals surface area contributed by atoms with Crippen LogP contribution in [-0.4, -0.2) is 16.0 Å². The fraction of sp³-hybridized carbons (Fsp3) is 0.727. The van der Waals surface area contributed by atoms with Crippen molar-refractivity contribution in [3.63, 3.8) is 0 Å². The maximum Gasteiger partial charge on any atom is 0.233 e. The maximum atomic E-state index is 11.6. The van der Waals surface area contributed by atoms with Crippen LogP contribution in [0.3, 0.4) is 0 Å². The Morgan fingerprint density at radius 3 is 2.94 bits per heavy atom. The maximum absolute atomic E-state index is 11.6. The zero-order valence-electron chi connectivity index (χ0n) is 9.32. The van der Waals surface area contributed by atoms with Gasteiger partial charge in [-0.15, -0.1) is 0 Å². The number of primary amides is 1. The smallest absolute Gasteiger partial charge is 0.233 e. The van der Waals surface area contributed by atoms with E-state index in [1.807, 2.05) is 6.92 Å². The zero-order valence-corrected chi connectivity index (χ0v) is 9.32. The molecule has 1 heterocycles. The molecule has 2 saturated carbocycles. The summed E-state index contributed by atoms with van der Waals surface area (Å²) in [6, 6.07) is 0. The summed E-state index contributed by atoms with van der Waals surface area (Å²) in [4.78, 5) is 15.9. The first-order valence-corrected chi connectivity index (χ1v) is 5.78. The molecule has 1 amide bonds. The van der Waals surface area contributed by atoms with Gasteiger partial charge in [0.05, 0.1) is 10.8 Å². The van der Waals surface area contributed by atoms with Crippen molar-refractivity contribution in [3.05, 3.63) is 11.7 Å². The number of hydrogen-bond donors (Lipinski definition) is 1. The average molecular weight is 221 g/mol. The summed E-state index contributed by atoms with van der Waals surface area (Å²) in [7, 11) is 0. The number of carbonyl (C=O) groups excluding carboxylic acids is 1. The summed E-state index contributed by atoms with van der Waals surface area (Å²) >= 11 is 0. The first-order chi connectivity index (χ1) is 7.64. The Labute approximate surface area is 93.4 Å². The Morgan fingerprint density at radius 2 is 2.38 bits per heavy atom. The van der Waals surface area contributed by atoms with E-state index in [1.54, 1.807) is 0 Å². The summed E-state index contributed by atoms with van der Waals surface area (Å²) in [5.41, 5.74) is 4.90. The van der Waals surface area contributed by atoms with E-state index >= 15 is 0 Å². The SMILES string of the molecule is CCc1noc(C23CCCC2(C(N)=O)C3)n1. The highest BCUT2D eigenvalue weighted by Crippen LogP contribution is 2.73. The molecule has 0 radical (unpaired) electrons. The van der Waals surface area contributed by atoms with Crippen LogP contribution in [0.1, 0.15) is 44.3 Å². The molecule has 2 aliphatic carbocycles. The van der Waals surface area contributed by atoms with Crippen LogP contribution in [-0.2, 0) is 16.6 Å². The molecule has 2 atom stereocenters. The largest absolute Gasteiger partial charge is 0.369 e. The summed E-state index contributed by atoms with van der Waals surface area (Å²) < 4.78 is 5.29. The zero-order chi connectivity index (χ0) is 11.4. The van der Waals surface area contributed by atoms with Crippen molar-refractivity contribution >= 4 is 5.91 Å². The summed E-state index contributed by atoms with van der Waals surface area (Å²) in [5.74, 6) is 1.13. The van der Waals surface area contributed by atoms with Crippen molar-refractivity contribution in [2.24, 2.45) is 11.1 Å². The predicted octanol–water partition coefficient (Wildman–Crippen LogP) is 0.929. The van der Waals surface area contributed by atoms with Crippen LogP contribution in [0.4, 0.5) is 0 Å². The Kier molecular flexibility index (Phi) is 1.74. The van der Waals surface area contributed by atoms with E-state index in [1.165, 1.54) is 0 Å². The molecule has 5 heteroatoms. The molecular formula is C11H15N3O2. The van der Waals surface area contributed by atoms with Crippen LogP contribution < -0.4 is 5.73 Å². The number of aryl methyl sites for hydroxylation is 1. The number of hydrogen-bond acceptors (Lipinski definition) is 4. The standard InChI is InChI=1S/C11H15N3O2/c1-2-7-13-9(16-14-7)11-5-3-4-10(11,6-11)8(12)15/h2-6H2,1H3,(H2,12,15). The Morgan fingerprint density at radius 1 is 1.56 bits per heavy atom. The van der Waals surface area contributed by atoms with E-state index in [0.717, 1.165) is 32.1 Å². The van der Waals surface area contributed by atoms with Gasteiger partial charge in [0.1, 0.15) is 0 Å². The number of aromatic nitrogens is 2. The van der Waals surface area contributed by atoms with Gasteiger partial charge in [-0.05, 0) is 19.3 Å². The third-order valence-corrected chi connectivity index (χ3v) is 4.27. The number of nitrogens with two attached hydrogens (primary N) is 1. The molecule has 1 aromatic rings. The van der Waals surface area contributed by atoms with Gasteiger partial charge >= 0.3 is 0 Å². The summed E-state index contributed by atoms with van der Waals surface area (Å²) in [6.45, 7) is 1.98. The third kappa shape index (κ3) is 0.936. The molecule has 5 nitrogen and oxygen atoms in total. The molecule has 2 unspecified atom stereocenters. The average Bonchev–Trinajstić information content (AvgIpc) is 2.69. The number of carbonyl (C=O) groups is 1. The minimum Gasteiger partial charge on any atom is -0.369 e. The minimum absolute atomic E-state index is 0.207. The molecule has 2 aliphatic rings. The van der Waals surface area contributed by atoms with Crippen LogP contribution in [0.25, 0.3) is 0 Å². The first kappa shape index (κ1) is 9.81. The Balaban J connectivity index is 1.99. The van der Waals surface area contributed by atoms with Crippen molar-refractivity contribution < 1.29 is 9.32 Å². The van der Waals surface area contributed by atoms with E-state index in [9.17, 15) is 4.79 Å². The lowest BCUT2D eigenvalue weighted by Crippen LogP contribution is -2.29. The molecule has 0 bridgehead atoms. The van der Waals surface area contributed by atoms with Gasteiger partial charge in [0.15, 0.2) is 5.82 Å². The molecule has 0 aromatic carbocycles. The molecule has 86 valence electrons. The quantitative estimate of drug-likeness (QED) is 0.823. The normalized spacial score (nSPS) is 36.1. The molecular weight excluding hydrogens is 206 g/mol. The van der Waals surface area contributed by atoms with Gasteiger partial charge in [0.2, 0.25) is 11.8 Å². The second-order valence-corrected chi connectivity index (χ2v) is 4.93. The molecule has 2 N–H and O–H groups in total. The van der Waals surface area contributed by atoms with E-state index in [0.29, 0.717) is 11.7 Å². The van der Waals surface area contributed by atoms with Gasteiger partial charge in [0.25, 0.3) is 0 Å². The fourth-order valence-electron chi connectivity index (χ4n) is 3.24. The topological polar surface area (TPSA) is 82.0 Å². The number of rotatable bonds is 3. The van der Waals surface area contributed by atoms with Gasteiger partial charge in [-0.2, -0.15) is 4.98 Å². The van der Waals surface area contributed by atoms with Crippen molar-refractivity contribution in [1.29, 1.82) is 0 Å². The summed E-state index contributed by atoms with van der Waals surface area (Å²) in [5, 5.41) is 3.90. The lowest BCUT2D eigenvalue weighted by atomic mass is 9.95. The molecule has 16 heavy (non-hydrogen) atoms. The van der Waals surface area contributed by atoms with Crippen LogP contribution in [0.5, 0.6) is 0 Å². The molecule has 2 fully saturated rings. The lowest BCUT2D eigenvalue weighted by Gasteiger charge is -2.10. The molecule has 1 aromatic heterocycles. The molecule has 0 saturated heterocycles. The van der Waals surface area contributed by atoms with Crippen molar-refractivity contribution in [2.45, 2.75) is 44.4 Å². The van der Waals surface area contributed by atoms with E-state index in [-0.39, 0.29) is 16.7 Å². The van der Waals surface area contributed by atoms with Gasteiger partial charge in [0, 0.05) is 6.42 Å². The highest BCUT2D eigenvalue weighted by atomic mass is 16.5. The van der Waals surface area contributed by atoms with Crippen molar-refractivity contribution in [3.8, 4) is 0 Å². The molecule has 0 aliphatic heterocycles.